The van der Waals surface area contributed by atoms with Gasteiger partial charge in [-0.3, -0.25) is 9.36 Å². The van der Waals surface area contributed by atoms with E-state index in [1.54, 1.807) is 0 Å². The number of amides is 1. The number of sulfonamides is 1. The largest absolute Gasteiger partial charge is 0.451 e. The fourth-order valence-corrected chi connectivity index (χ4v) is 4.68. The van der Waals surface area contributed by atoms with Gasteiger partial charge in [-0.2, -0.15) is 13.2 Å². The highest BCUT2D eigenvalue weighted by molar-refractivity contribution is 7.90. The number of anilines is 1. The van der Waals surface area contributed by atoms with Crippen LogP contribution in [-0.4, -0.2) is 39.9 Å². The number of nitrogens with one attached hydrogen (secondary N) is 2. The molecule has 0 spiro atoms. The van der Waals surface area contributed by atoms with Crippen molar-refractivity contribution in [1.82, 2.24) is 24.2 Å². The lowest BCUT2D eigenvalue weighted by atomic mass is 10.2. The summed E-state index contributed by atoms with van der Waals surface area (Å²) in [4.78, 5) is 24.0. The molecular weight excluding hydrogens is 521 g/mol. The number of hydrogen-bond donors (Lipinski definition) is 2. The second-order valence-corrected chi connectivity index (χ2v) is 10.2. The molecule has 9 nitrogen and oxygen atoms in total. The zero-order valence-electron chi connectivity index (χ0n) is 18.1. The summed E-state index contributed by atoms with van der Waals surface area (Å²) in [6.07, 6.45) is -1.91. The zero-order chi connectivity index (χ0) is 25.7. The number of benzene rings is 2. The molecule has 5 rings (SSSR count). The van der Waals surface area contributed by atoms with Crippen LogP contribution in [0.3, 0.4) is 0 Å². The van der Waals surface area contributed by atoms with Crippen molar-refractivity contribution in [1.29, 1.82) is 0 Å². The predicted molar refractivity (Wildman–Crippen MR) is 124 cm³/mol. The van der Waals surface area contributed by atoms with Crippen LogP contribution in [0.4, 0.5) is 19.0 Å². The number of alkyl halides is 3. The van der Waals surface area contributed by atoms with Gasteiger partial charge in [-0.25, -0.2) is 28.1 Å². The van der Waals surface area contributed by atoms with Gasteiger partial charge in [0.25, 0.3) is 15.9 Å². The predicted octanol–water partition coefficient (Wildman–Crippen LogP) is 4.18. The number of carbonyl (C=O) groups excluding carboxylic acids is 1. The van der Waals surface area contributed by atoms with E-state index in [1.807, 2.05) is 4.72 Å². The average Bonchev–Trinajstić information content (AvgIpc) is 3.53. The third-order valence-corrected chi connectivity index (χ3v) is 6.85. The Labute approximate surface area is 207 Å². The summed E-state index contributed by atoms with van der Waals surface area (Å²) in [5, 5.41) is 3.12. The second-order valence-electron chi connectivity index (χ2n) is 8.04. The fraction of sp³-hybridized carbons (Fsp3) is 0.182. The molecule has 0 atom stereocenters. The minimum absolute atomic E-state index is 0.0165. The number of carbonyl (C=O) groups is 1. The fourth-order valence-electron chi connectivity index (χ4n) is 3.41. The van der Waals surface area contributed by atoms with Gasteiger partial charge in [-0.15, -0.1) is 0 Å². The van der Waals surface area contributed by atoms with Crippen LogP contribution < -0.4 is 10.0 Å². The van der Waals surface area contributed by atoms with Crippen molar-refractivity contribution in [2.45, 2.75) is 30.0 Å². The van der Waals surface area contributed by atoms with Crippen LogP contribution in [0.15, 0.2) is 59.8 Å². The molecule has 0 radical (unpaired) electrons. The van der Waals surface area contributed by atoms with Crippen LogP contribution in [0.25, 0.3) is 16.9 Å². The molecular formula is C22H16ClF3N6O3S. The van der Waals surface area contributed by atoms with Crippen LogP contribution in [0, 0.1) is 0 Å². The van der Waals surface area contributed by atoms with E-state index in [2.05, 4.69) is 20.3 Å². The summed E-state index contributed by atoms with van der Waals surface area (Å²) >= 11 is 5.84. The van der Waals surface area contributed by atoms with Gasteiger partial charge in [0.05, 0.1) is 4.90 Å². The number of hydrogen-bond acceptors (Lipinski definition) is 7. The highest BCUT2D eigenvalue weighted by Crippen LogP contribution is 2.33. The lowest BCUT2D eigenvalue weighted by Crippen LogP contribution is -2.30. The monoisotopic (exact) mass is 536 g/mol. The Kier molecular flexibility index (Phi) is 5.83. The quantitative estimate of drug-likeness (QED) is 0.379. The molecule has 2 N–H and O–H groups in total. The lowest BCUT2D eigenvalue weighted by Gasteiger charge is -2.11. The van der Waals surface area contributed by atoms with Gasteiger partial charge in [0.1, 0.15) is 6.33 Å². The first kappa shape index (κ1) is 24.0. The summed E-state index contributed by atoms with van der Waals surface area (Å²) in [6, 6.07) is 11.1. The molecule has 1 fully saturated rings. The molecule has 0 unspecified atom stereocenters. The maximum Gasteiger partial charge on any atom is 0.451 e. The molecule has 1 saturated carbocycles. The minimum Gasteiger partial charge on any atom is -0.365 e. The molecule has 1 aliphatic rings. The average molecular weight is 537 g/mol. The highest BCUT2D eigenvalue weighted by atomic mass is 35.5. The zero-order valence-corrected chi connectivity index (χ0v) is 19.7. The van der Waals surface area contributed by atoms with Crippen molar-refractivity contribution < 1.29 is 26.4 Å². The van der Waals surface area contributed by atoms with Crippen molar-refractivity contribution in [3.63, 3.8) is 0 Å². The molecule has 0 saturated heterocycles. The van der Waals surface area contributed by atoms with Gasteiger partial charge in [0, 0.05) is 22.3 Å². The molecule has 0 aliphatic heterocycles. The third kappa shape index (κ3) is 4.84. The third-order valence-electron chi connectivity index (χ3n) is 5.29. The van der Waals surface area contributed by atoms with Crippen molar-refractivity contribution in [2.24, 2.45) is 0 Å². The van der Waals surface area contributed by atoms with Gasteiger partial charge < -0.3 is 5.32 Å². The van der Waals surface area contributed by atoms with E-state index < -0.39 is 27.9 Å². The normalized spacial score (nSPS) is 14.1. The molecule has 2 aromatic carbocycles. The lowest BCUT2D eigenvalue weighted by molar-refractivity contribution is -0.144. The molecule has 14 heteroatoms. The van der Waals surface area contributed by atoms with E-state index in [9.17, 15) is 26.4 Å². The van der Waals surface area contributed by atoms with Crippen molar-refractivity contribution in [3.05, 3.63) is 71.3 Å². The minimum atomic E-state index is -4.79. The summed E-state index contributed by atoms with van der Waals surface area (Å²) in [5.41, 5.74) is 0.203. The number of fused-ring (bicyclic) bond motifs is 1. The maximum atomic E-state index is 13.5. The SMILES string of the molecule is O=C(NS(=O)(=O)c1cccc(Cl)c1)c1cccc(-n2cnc3c(NC4CC4)nc(C(F)(F)F)nc32)c1. The van der Waals surface area contributed by atoms with Crippen LogP contribution >= 0.6 is 11.6 Å². The second kappa shape index (κ2) is 8.75. The first-order chi connectivity index (χ1) is 17.0. The van der Waals surface area contributed by atoms with E-state index in [4.69, 9.17) is 11.6 Å². The number of aromatic nitrogens is 4. The van der Waals surface area contributed by atoms with Crippen molar-refractivity contribution in [3.8, 4) is 5.69 Å². The molecule has 0 bridgehead atoms. The van der Waals surface area contributed by atoms with Gasteiger partial charge in [0.15, 0.2) is 17.0 Å². The number of imidazole rings is 1. The van der Waals surface area contributed by atoms with Crippen LogP contribution in [0.5, 0.6) is 0 Å². The first-order valence-corrected chi connectivity index (χ1v) is 12.4. The Morgan fingerprint density at radius 2 is 1.83 bits per heavy atom. The van der Waals surface area contributed by atoms with Gasteiger partial charge in [0.2, 0.25) is 5.82 Å². The van der Waals surface area contributed by atoms with Gasteiger partial charge in [-0.05, 0) is 49.2 Å². The number of halogens is 4. The van der Waals surface area contributed by atoms with E-state index in [-0.39, 0.29) is 44.2 Å². The molecule has 2 heterocycles. The Balaban J connectivity index is 1.51. The summed E-state index contributed by atoms with van der Waals surface area (Å²) < 4.78 is 68.8. The number of rotatable bonds is 6. The first-order valence-electron chi connectivity index (χ1n) is 10.5. The standard InChI is InChI=1S/C22H16ClF3N6O3S/c23-13-4-2-6-16(10-13)36(34,35)31-20(33)12-3-1-5-15(9-12)32-11-27-17-18(28-14-7-8-14)29-21(22(24,25)26)30-19(17)32/h1-6,9-11,14H,7-8H2,(H,31,33)(H,28,29,30). The topological polar surface area (TPSA) is 119 Å². The Morgan fingerprint density at radius 1 is 1.08 bits per heavy atom. The molecule has 186 valence electrons. The van der Waals surface area contributed by atoms with E-state index in [1.165, 1.54) is 59.4 Å². The van der Waals surface area contributed by atoms with Gasteiger partial charge >= 0.3 is 6.18 Å². The molecule has 1 amide bonds. The molecule has 4 aromatic rings. The summed E-state index contributed by atoms with van der Waals surface area (Å²) in [6.45, 7) is 0. The van der Waals surface area contributed by atoms with Crippen LogP contribution in [0.2, 0.25) is 5.02 Å². The molecule has 36 heavy (non-hydrogen) atoms. The van der Waals surface area contributed by atoms with E-state index >= 15 is 0 Å². The Hall–Kier alpha value is -3.71. The number of nitrogens with zero attached hydrogens (tertiary/aromatic N) is 4. The molecule has 2 aromatic heterocycles. The van der Waals surface area contributed by atoms with Crippen molar-refractivity contribution >= 4 is 44.5 Å². The van der Waals surface area contributed by atoms with Crippen LogP contribution in [-0.2, 0) is 16.2 Å². The molecule has 1 aliphatic carbocycles. The van der Waals surface area contributed by atoms with Gasteiger partial charge in [-0.1, -0.05) is 23.7 Å². The summed E-state index contributed by atoms with van der Waals surface area (Å²) in [5.74, 6) is -2.31. The van der Waals surface area contributed by atoms with E-state index in [0.717, 1.165) is 12.8 Å². The maximum absolute atomic E-state index is 13.5. The highest BCUT2D eigenvalue weighted by Gasteiger charge is 2.37. The Morgan fingerprint density at radius 3 is 2.53 bits per heavy atom. The Bertz CT molecular complexity index is 1600. The van der Waals surface area contributed by atoms with Crippen molar-refractivity contribution in [2.75, 3.05) is 5.32 Å². The van der Waals surface area contributed by atoms with Crippen LogP contribution in [0.1, 0.15) is 29.0 Å². The summed E-state index contributed by atoms with van der Waals surface area (Å²) in [7, 11) is -4.22. The smallest absolute Gasteiger partial charge is 0.365 e. The van der Waals surface area contributed by atoms with E-state index in [0.29, 0.717) is 0 Å².